The molecule has 34 heavy (non-hydrogen) atoms. The molecule has 0 bridgehead atoms. The summed E-state index contributed by atoms with van der Waals surface area (Å²) in [6, 6.07) is 9.80. The van der Waals surface area contributed by atoms with E-state index in [1.165, 1.54) is 12.3 Å². The minimum absolute atomic E-state index is 0.0926. The minimum Gasteiger partial charge on any atom is -0.377 e. The number of hydrogen-bond acceptors (Lipinski definition) is 10. The summed E-state index contributed by atoms with van der Waals surface area (Å²) >= 11 is 0. The van der Waals surface area contributed by atoms with Crippen LogP contribution in [0.15, 0.2) is 47.2 Å². The number of ether oxygens (including phenoxy) is 1. The lowest BCUT2D eigenvalue weighted by Gasteiger charge is -2.34. The molecule has 0 spiro atoms. The van der Waals surface area contributed by atoms with E-state index in [-0.39, 0.29) is 12.6 Å². The molecule has 1 fully saturated rings. The van der Waals surface area contributed by atoms with Crippen LogP contribution in [0.2, 0.25) is 0 Å². The summed E-state index contributed by atoms with van der Waals surface area (Å²) in [6.45, 7) is 3.59. The molecular formula is C21H24N6O6S. The number of carbonyl (C=O) groups is 1. The van der Waals surface area contributed by atoms with Gasteiger partial charge in [-0.15, -0.1) is 0 Å². The van der Waals surface area contributed by atoms with Gasteiger partial charge in [-0.1, -0.05) is 5.16 Å². The largest absolute Gasteiger partial charge is 0.377 e. The fourth-order valence-corrected chi connectivity index (χ4v) is 3.66. The molecule has 0 radical (unpaired) electrons. The van der Waals surface area contributed by atoms with E-state index in [4.69, 9.17) is 13.9 Å². The normalized spacial score (nSPS) is 16.3. The maximum Gasteiger partial charge on any atom is 0.324 e. The van der Waals surface area contributed by atoms with Crippen molar-refractivity contribution in [1.29, 1.82) is 0 Å². The highest BCUT2D eigenvalue weighted by Crippen LogP contribution is 2.25. The van der Waals surface area contributed by atoms with Crippen molar-refractivity contribution < 1.29 is 26.7 Å². The van der Waals surface area contributed by atoms with E-state index in [0.717, 1.165) is 6.26 Å². The van der Waals surface area contributed by atoms with Gasteiger partial charge in [0.15, 0.2) is 11.6 Å². The minimum atomic E-state index is -3.63. The highest BCUT2D eigenvalue weighted by Gasteiger charge is 2.22. The Hall–Kier alpha value is -3.55. The second-order valence-corrected chi connectivity index (χ2v) is 9.31. The fourth-order valence-electron chi connectivity index (χ4n) is 3.33. The topological polar surface area (TPSA) is 149 Å². The third-order valence-corrected chi connectivity index (χ3v) is 5.47. The van der Waals surface area contributed by atoms with Gasteiger partial charge in [-0.3, -0.25) is 9.50 Å². The fraction of sp³-hybridized carbons (Fsp3) is 0.333. The molecule has 13 heteroatoms. The zero-order chi connectivity index (χ0) is 24.1. The first-order valence-electron chi connectivity index (χ1n) is 10.4. The first kappa shape index (κ1) is 23.6. The molecule has 0 unspecified atom stereocenters. The lowest BCUT2D eigenvalue weighted by molar-refractivity contribution is 0.0985. The number of carbonyl (C=O) groups excluding carboxylic acids is 1. The molecule has 1 aliphatic heterocycles. The standard InChI is InChI=1S/C21H24N6O6S/c1-14-12-31-10-8-27(14)19-11-17(13-33-34(2,29)30)22-20(25-19)15-3-5-16(6-4-15)23-21(28)24-18-7-9-32-26-18/h3-7,9,11,14H,8,10,12-13H2,1-2H3,(H2,23,24,26,28)/t14-/m0/s1. The van der Waals surface area contributed by atoms with Crippen LogP contribution in [-0.4, -0.2) is 61.6 Å². The number of hydrogen-bond donors (Lipinski definition) is 2. The van der Waals surface area contributed by atoms with Crippen LogP contribution >= 0.6 is 0 Å². The summed E-state index contributed by atoms with van der Waals surface area (Å²) in [6.07, 6.45) is 2.34. The van der Waals surface area contributed by atoms with E-state index in [1.807, 2.05) is 6.92 Å². The number of nitrogens with zero attached hydrogens (tertiary/aromatic N) is 4. The van der Waals surface area contributed by atoms with Crippen LogP contribution in [0, 0.1) is 0 Å². The van der Waals surface area contributed by atoms with E-state index >= 15 is 0 Å². The van der Waals surface area contributed by atoms with Gasteiger partial charge in [0, 0.05) is 29.9 Å². The van der Waals surface area contributed by atoms with Crippen molar-refractivity contribution in [1.82, 2.24) is 15.1 Å². The quantitative estimate of drug-likeness (QED) is 0.475. The maximum absolute atomic E-state index is 12.1. The Morgan fingerprint density at radius 1 is 1.21 bits per heavy atom. The van der Waals surface area contributed by atoms with Gasteiger partial charge in [-0.25, -0.2) is 14.8 Å². The molecule has 0 aliphatic carbocycles. The monoisotopic (exact) mass is 488 g/mol. The van der Waals surface area contributed by atoms with Crippen LogP contribution in [0.1, 0.15) is 12.6 Å². The van der Waals surface area contributed by atoms with Crippen LogP contribution in [0.25, 0.3) is 11.4 Å². The van der Waals surface area contributed by atoms with Gasteiger partial charge < -0.3 is 19.5 Å². The summed E-state index contributed by atoms with van der Waals surface area (Å²) < 4.78 is 38.1. The van der Waals surface area contributed by atoms with Gasteiger partial charge in [-0.05, 0) is 31.2 Å². The van der Waals surface area contributed by atoms with Crippen molar-refractivity contribution in [3.8, 4) is 11.4 Å². The third kappa shape index (κ3) is 6.27. The number of rotatable bonds is 7. The first-order chi connectivity index (χ1) is 16.3. The van der Waals surface area contributed by atoms with E-state index < -0.39 is 16.1 Å². The zero-order valence-electron chi connectivity index (χ0n) is 18.6. The molecule has 0 saturated carbocycles. The van der Waals surface area contributed by atoms with Crippen LogP contribution in [0.3, 0.4) is 0 Å². The van der Waals surface area contributed by atoms with Crippen molar-refractivity contribution >= 4 is 33.5 Å². The molecule has 2 aromatic heterocycles. The Morgan fingerprint density at radius 2 is 2.00 bits per heavy atom. The molecule has 2 N–H and O–H groups in total. The highest BCUT2D eigenvalue weighted by atomic mass is 32.2. The summed E-state index contributed by atoms with van der Waals surface area (Å²) in [4.78, 5) is 23.4. The smallest absolute Gasteiger partial charge is 0.324 e. The van der Waals surface area contributed by atoms with Gasteiger partial charge in [0.2, 0.25) is 0 Å². The Kier molecular flexibility index (Phi) is 7.05. The average Bonchev–Trinajstić information content (AvgIpc) is 3.31. The molecule has 4 rings (SSSR count). The Bertz CT molecular complexity index is 1230. The van der Waals surface area contributed by atoms with E-state index in [2.05, 4.69) is 30.2 Å². The van der Waals surface area contributed by atoms with Crippen molar-refractivity contribution in [3.05, 3.63) is 48.4 Å². The van der Waals surface area contributed by atoms with Crippen molar-refractivity contribution in [2.75, 3.05) is 41.5 Å². The van der Waals surface area contributed by atoms with Gasteiger partial charge in [0.05, 0.1) is 31.2 Å². The van der Waals surface area contributed by atoms with Crippen molar-refractivity contribution in [3.63, 3.8) is 0 Å². The number of benzene rings is 1. The summed E-state index contributed by atoms with van der Waals surface area (Å²) in [5, 5.41) is 8.85. The summed E-state index contributed by atoms with van der Waals surface area (Å²) in [7, 11) is -3.63. The lowest BCUT2D eigenvalue weighted by atomic mass is 10.2. The van der Waals surface area contributed by atoms with E-state index in [9.17, 15) is 13.2 Å². The van der Waals surface area contributed by atoms with Crippen LogP contribution in [0.5, 0.6) is 0 Å². The highest BCUT2D eigenvalue weighted by molar-refractivity contribution is 7.85. The van der Waals surface area contributed by atoms with Crippen molar-refractivity contribution in [2.24, 2.45) is 0 Å². The molecule has 2 amide bonds. The van der Waals surface area contributed by atoms with Gasteiger partial charge in [0.25, 0.3) is 10.1 Å². The number of morpholine rings is 1. The number of amides is 2. The predicted octanol–water partition coefficient (Wildman–Crippen LogP) is 2.48. The first-order valence-corrected chi connectivity index (χ1v) is 12.2. The lowest BCUT2D eigenvalue weighted by Crippen LogP contribution is -2.44. The maximum atomic E-state index is 12.1. The van der Waals surface area contributed by atoms with Crippen LogP contribution in [-0.2, 0) is 25.6 Å². The second kappa shape index (κ2) is 10.2. The molecule has 180 valence electrons. The number of anilines is 3. The van der Waals surface area contributed by atoms with E-state index in [0.29, 0.717) is 54.2 Å². The van der Waals surface area contributed by atoms with Crippen LogP contribution < -0.4 is 15.5 Å². The molecule has 3 aromatic rings. The van der Waals surface area contributed by atoms with Gasteiger partial charge >= 0.3 is 6.03 Å². The predicted molar refractivity (Wildman–Crippen MR) is 124 cm³/mol. The molecule has 1 aliphatic rings. The Morgan fingerprint density at radius 3 is 2.68 bits per heavy atom. The Labute approximate surface area is 196 Å². The molecule has 3 heterocycles. The number of urea groups is 1. The molecular weight excluding hydrogens is 464 g/mol. The molecule has 1 aromatic carbocycles. The van der Waals surface area contributed by atoms with Gasteiger partial charge in [0.1, 0.15) is 18.7 Å². The van der Waals surface area contributed by atoms with Crippen molar-refractivity contribution in [2.45, 2.75) is 19.6 Å². The Balaban J connectivity index is 1.56. The number of nitrogens with one attached hydrogen (secondary N) is 2. The molecule has 12 nitrogen and oxygen atoms in total. The SMILES string of the molecule is C[C@H]1COCCN1c1cc(COS(C)(=O)=O)nc(-c2ccc(NC(=O)Nc3ccon3)cc2)n1. The summed E-state index contributed by atoms with van der Waals surface area (Å²) in [5.41, 5.74) is 1.66. The zero-order valence-corrected chi connectivity index (χ0v) is 19.4. The average molecular weight is 489 g/mol. The second-order valence-electron chi connectivity index (χ2n) is 7.67. The summed E-state index contributed by atoms with van der Waals surface area (Å²) in [5.74, 6) is 1.35. The van der Waals surface area contributed by atoms with Crippen LogP contribution in [0.4, 0.5) is 22.1 Å². The number of aromatic nitrogens is 3. The molecule has 1 atom stereocenters. The third-order valence-electron chi connectivity index (χ3n) is 4.93. The van der Waals surface area contributed by atoms with E-state index in [1.54, 1.807) is 30.3 Å². The molecule has 1 saturated heterocycles. The van der Waals surface area contributed by atoms with Gasteiger partial charge in [-0.2, -0.15) is 8.42 Å².